The zero-order valence-electron chi connectivity index (χ0n) is 11.0. The number of aromatic amines is 1. The third kappa shape index (κ3) is 2.29. The van der Waals surface area contributed by atoms with Crippen molar-refractivity contribution in [3.8, 4) is 0 Å². The molecule has 1 aromatic rings. The predicted molar refractivity (Wildman–Crippen MR) is 70.6 cm³/mol. The van der Waals surface area contributed by atoms with Gasteiger partial charge in [0, 0.05) is 18.6 Å². The van der Waals surface area contributed by atoms with Crippen LogP contribution in [0.2, 0.25) is 0 Å². The van der Waals surface area contributed by atoms with Crippen LogP contribution in [0.25, 0.3) is 0 Å². The molecular formula is C11H22N4S. The molecule has 0 aromatic carbocycles. The summed E-state index contributed by atoms with van der Waals surface area (Å²) in [4.78, 5) is 2.18. The molecule has 0 amide bonds. The summed E-state index contributed by atoms with van der Waals surface area (Å²) in [5, 5.41) is 7.19. The maximum absolute atomic E-state index is 5.25. The van der Waals surface area contributed by atoms with Gasteiger partial charge in [0.05, 0.1) is 0 Å². The fourth-order valence-electron chi connectivity index (χ4n) is 1.51. The molecule has 0 aliphatic heterocycles. The lowest BCUT2D eigenvalue weighted by Gasteiger charge is -2.35. The zero-order valence-corrected chi connectivity index (χ0v) is 11.9. The van der Waals surface area contributed by atoms with Gasteiger partial charge < -0.3 is 4.90 Å². The second kappa shape index (κ2) is 4.57. The molecule has 0 saturated carbocycles. The van der Waals surface area contributed by atoms with E-state index in [1.165, 1.54) is 0 Å². The Labute approximate surface area is 103 Å². The molecule has 1 N–H and O–H groups in total. The Morgan fingerprint density at radius 2 is 2.06 bits per heavy atom. The lowest BCUT2D eigenvalue weighted by Crippen LogP contribution is -2.42. The molecule has 1 heterocycles. The fourth-order valence-corrected chi connectivity index (χ4v) is 1.84. The van der Waals surface area contributed by atoms with E-state index in [1.807, 2.05) is 4.57 Å². The second-order valence-electron chi connectivity index (χ2n) is 5.02. The van der Waals surface area contributed by atoms with Gasteiger partial charge in [-0.15, -0.1) is 5.10 Å². The summed E-state index contributed by atoms with van der Waals surface area (Å²) in [6, 6.07) is 0.316. The first-order valence-corrected chi connectivity index (χ1v) is 6.12. The van der Waals surface area contributed by atoms with Crippen LogP contribution in [-0.2, 0) is 0 Å². The first-order chi connectivity index (χ1) is 7.31. The monoisotopic (exact) mass is 242 g/mol. The van der Waals surface area contributed by atoms with Crippen LogP contribution in [0.4, 0.5) is 5.95 Å². The third-order valence-electron chi connectivity index (χ3n) is 3.28. The number of hydrogen-bond acceptors (Lipinski definition) is 3. The number of H-pyrrole nitrogens is 1. The highest BCUT2D eigenvalue weighted by Crippen LogP contribution is 2.25. The summed E-state index contributed by atoms with van der Waals surface area (Å²) < 4.78 is 2.73. The summed E-state index contributed by atoms with van der Waals surface area (Å²) >= 11 is 5.25. The van der Waals surface area contributed by atoms with E-state index in [0.717, 1.165) is 12.4 Å². The number of nitrogens with zero attached hydrogens (tertiary/aromatic N) is 3. The predicted octanol–water partition coefficient (Wildman–Crippen LogP) is 3.15. The van der Waals surface area contributed by atoms with E-state index in [0.29, 0.717) is 10.8 Å². The van der Waals surface area contributed by atoms with E-state index in [1.54, 1.807) is 0 Å². The fraction of sp³-hybridized carbons (Fsp3) is 0.818. The van der Waals surface area contributed by atoms with Crippen molar-refractivity contribution >= 4 is 18.2 Å². The minimum Gasteiger partial charge on any atom is -0.339 e. The van der Waals surface area contributed by atoms with Crippen molar-refractivity contribution in [2.45, 2.75) is 52.6 Å². The van der Waals surface area contributed by atoms with Gasteiger partial charge in [-0.2, -0.15) is 0 Å². The van der Waals surface area contributed by atoms with Gasteiger partial charge in [-0.1, -0.05) is 6.92 Å². The first-order valence-electron chi connectivity index (χ1n) is 5.72. The molecule has 0 radical (unpaired) electrons. The molecule has 4 nitrogen and oxygen atoms in total. The molecule has 5 heteroatoms. The maximum atomic E-state index is 5.25. The first kappa shape index (κ1) is 13.2. The van der Waals surface area contributed by atoms with Crippen molar-refractivity contribution in [3.63, 3.8) is 0 Å². The van der Waals surface area contributed by atoms with Gasteiger partial charge in [0.2, 0.25) is 5.95 Å². The molecule has 0 fully saturated rings. The van der Waals surface area contributed by atoms with Gasteiger partial charge in [-0.25, -0.2) is 5.10 Å². The summed E-state index contributed by atoms with van der Waals surface area (Å²) in [6.07, 6.45) is 1.06. The largest absolute Gasteiger partial charge is 0.339 e. The number of anilines is 1. The Balaban J connectivity index is 3.19. The van der Waals surface area contributed by atoms with Crippen LogP contribution in [0.5, 0.6) is 0 Å². The maximum Gasteiger partial charge on any atom is 0.226 e. The summed E-state index contributed by atoms with van der Waals surface area (Å²) in [6.45, 7) is 10.8. The second-order valence-corrected chi connectivity index (χ2v) is 5.40. The summed E-state index contributed by atoms with van der Waals surface area (Å²) in [5.41, 5.74) is 0.0770. The molecular weight excluding hydrogens is 220 g/mol. The molecule has 0 bridgehead atoms. The van der Waals surface area contributed by atoms with E-state index in [-0.39, 0.29) is 5.54 Å². The van der Waals surface area contributed by atoms with E-state index >= 15 is 0 Å². The van der Waals surface area contributed by atoms with Crippen LogP contribution in [-0.4, -0.2) is 27.4 Å². The minimum atomic E-state index is 0.0770. The van der Waals surface area contributed by atoms with Gasteiger partial charge in [-0.3, -0.25) is 4.57 Å². The van der Waals surface area contributed by atoms with Gasteiger partial charge in [0.15, 0.2) is 4.77 Å². The third-order valence-corrected chi connectivity index (χ3v) is 3.56. The number of nitrogens with one attached hydrogen (secondary N) is 1. The van der Waals surface area contributed by atoms with Crippen molar-refractivity contribution in [3.05, 3.63) is 4.77 Å². The summed E-state index contributed by atoms with van der Waals surface area (Å²) in [7, 11) is 2.06. The number of rotatable bonds is 4. The molecule has 0 saturated heterocycles. The van der Waals surface area contributed by atoms with Crippen molar-refractivity contribution in [1.82, 2.24) is 14.8 Å². The van der Waals surface area contributed by atoms with E-state index in [2.05, 4.69) is 56.8 Å². The smallest absolute Gasteiger partial charge is 0.226 e. The van der Waals surface area contributed by atoms with E-state index in [4.69, 9.17) is 12.2 Å². The summed E-state index contributed by atoms with van der Waals surface area (Å²) in [5.74, 6) is 0.909. The Kier molecular flexibility index (Phi) is 3.78. The van der Waals surface area contributed by atoms with Gasteiger partial charge in [0.1, 0.15) is 0 Å². The van der Waals surface area contributed by atoms with Crippen molar-refractivity contribution in [2.24, 2.45) is 0 Å². The Morgan fingerprint density at radius 1 is 1.50 bits per heavy atom. The molecule has 16 heavy (non-hydrogen) atoms. The number of aromatic nitrogens is 3. The van der Waals surface area contributed by atoms with Crippen molar-refractivity contribution in [1.29, 1.82) is 0 Å². The van der Waals surface area contributed by atoms with Crippen LogP contribution >= 0.6 is 12.2 Å². The highest BCUT2D eigenvalue weighted by molar-refractivity contribution is 7.71. The Bertz CT molecular complexity index is 402. The molecule has 1 rings (SSSR count). The van der Waals surface area contributed by atoms with Crippen LogP contribution in [0.1, 0.15) is 47.1 Å². The lowest BCUT2D eigenvalue weighted by atomic mass is 10.0. The molecule has 0 unspecified atom stereocenters. The Morgan fingerprint density at radius 3 is 2.50 bits per heavy atom. The van der Waals surface area contributed by atoms with Crippen molar-refractivity contribution < 1.29 is 0 Å². The van der Waals surface area contributed by atoms with Gasteiger partial charge in [-0.05, 0) is 46.3 Å². The molecule has 92 valence electrons. The van der Waals surface area contributed by atoms with Crippen LogP contribution < -0.4 is 4.90 Å². The van der Waals surface area contributed by atoms with Crippen LogP contribution in [0.15, 0.2) is 0 Å². The van der Waals surface area contributed by atoms with Crippen LogP contribution in [0, 0.1) is 4.77 Å². The molecule has 0 spiro atoms. The molecule has 1 aromatic heterocycles. The topological polar surface area (TPSA) is 36.9 Å². The lowest BCUT2D eigenvalue weighted by molar-refractivity contribution is 0.449. The zero-order chi connectivity index (χ0) is 12.5. The van der Waals surface area contributed by atoms with Crippen molar-refractivity contribution in [2.75, 3.05) is 11.9 Å². The normalized spacial score (nSPS) is 12.2. The van der Waals surface area contributed by atoms with Gasteiger partial charge in [0.25, 0.3) is 0 Å². The Hall–Kier alpha value is -0.840. The SMILES string of the molecule is CCC(C)(C)N(C)c1n[nH]c(=S)n1C(C)C. The van der Waals surface area contributed by atoms with E-state index in [9.17, 15) is 0 Å². The highest BCUT2D eigenvalue weighted by atomic mass is 32.1. The van der Waals surface area contributed by atoms with Crippen LogP contribution in [0.3, 0.4) is 0 Å². The quantitative estimate of drug-likeness (QED) is 0.824. The van der Waals surface area contributed by atoms with E-state index < -0.39 is 0 Å². The minimum absolute atomic E-state index is 0.0770. The molecule has 0 aliphatic carbocycles. The number of hydrogen-bond donors (Lipinski definition) is 1. The standard InChI is InChI=1S/C11H22N4S/c1-7-11(4,5)14(6)9-12-13-10(16)15(9)8(2)3/h8H,7H2,1-6H3,(H,13,16). The highest BCUT2D eigenvalue weighted by Gasteiger charge is 2.26. The average molecular weight is 242 g/mol. The average Bonchev–Trinajstić information content (AvgIpc) is 2.58. The molecule has 0 atom stereocenters. The molecule has 0 aliphatic rings. The van der Waals surface area contributed by atoms with Gasteiger partial charge >= 0.3 is 0 Å².